The normalized spacial score (nSPS) is 18.8. The first-order chi connectivity index (χ1) is 15.5. The second kappa shape index (κ2) is 10.2. The van der Waals surface area contributed by atoms with E-state index in [0.29, 0.717) is 17.1 Å². The van der Waals surface area contributed by atoms with Crippen molar-refractivity contribution in [3.63, 3.8) is 0 Å². The number of para-hydroxylation sites is 2. The molecule has 1 aliphatic carbocycles. The van der Waals surface area contributed by atoms with Gasteiger partial charge in [-0.05, 0) is 42.7 Å². The van der Waals surface area contributed by atoms with Crippen LogP contribution in [0, 0.1) is 5.82 Å². The summed E-state index contributed by atoms with van der Waals surface area (Å²) in [6.45, 7) is 0.323. The summed E-state index contributed by atoms with van der Waals surface area (Å²) in [5.74, 6) is -0.217. The largest absolute Gasteiger partial charge is 0.486 e. The minimum atomic E-state index is -0.955. The van der Waals surface area contributed by atoms with E-state index in [1.165, 1.54) is 29.2 Å². The molecule has 4 rings (SSSR count). The van der Waals surface area contributed by atoms with Gasteiger partial charge in [-0.2, -0.15) is 0 Å². The second-order valence-corrected chi connectivity index (χ2v) is 8.39. The van der Waals surface area contributed by atoms with Gasteiger partial charge in [-0.25, -0.2) is 4.39 Å². The molecule has 0 aromatic heterocycles. The Labute approximate surface area is 191 Å². The van der Waals surface area contributed by atoms with E-state index >= 15 is 0 Å². The number of carbonyl (C=O) groups excluding carboxylic acids is 2. The molecule has 8 heteroatoms. The summed E-state index contributed by atoms with van der Waals surface area (Å²) in [6.07, 6.45) is 3.44. The molecule has 1 aliphatic heterocycles. The zero-order valence-corrected chi connectivity index (χ0v) is 18.4. The Morgan fingerprint density at radius 1 is 1.09 bits per heavy atom. The van der Waals surface area contributed by atoms with Gasteiger partial charge in [0.05, 0.1) is 6.54 Å². The van der Waals surface area contributed by atoms with Crippen LogP contribution in [0.2, 0.25) is 0 Å². The molecule has 0 saturated heterocycles. The van der Waals surface area contributed by atoms with Crippen molar-refractivity contribution in [1.82, 2.24) is 10.2 Å². The Bertz CT molecular complexity index is 949. The molecular formula is C24H26ClFN2O4. The highest BCUT2D eigenvalue weighted by Crippen LogP contribution is 2.32. The maximum atomic E-state index is 13.6. The number of benzene rings is 2. The van der Waals surface area contributed by atoms with Crippen molar-refractivity contribution in [2.24, 2.45) is 0 Å². The predicted octanol–water partition coefficient (Wildman–Crippen LogP) is 3.83. The molecule has 2 atom stereocenters. The van der Waals surface area contributed by atoms with Gasteiger partial charge in [-0.15, -0.1) is 11.6 Å². The van der Waals surface area contributed by atoms with Crippen LogP contribution in [0.5, 0.6) is 11.5 Å². The molecule has 2 amide bonds. The Morgan fingerprint density at radius 3 is 2.47 bits per heavy atom. The monoisotopic (exact) mass is 460 g/mol. The van der Waals surface area contributed by atoms with Crippen LogP contribution in [0.15, 0.2) is 48.5 Å². The summed E-state index contributed by atoms with van der Waals surface area (Å²) < 4.78 is 25.4. The van der Waals surface area contributed by atoms with E-state index in [4.69, 9.17) is 21.1 Å². The van der Waals surface area contributed by atoms with Crippen molar-refractivity contribution >= 4 is 23.4 Å². The van der Waals surface area contributed by atoms with Crippen LogP contribution < -0.4 is 14.8 Å². The maximum Gasteiger partial charge on any atom is 0.247 e. The fourth-order valence-electron chi connectivity index (χ4n) is 4.27. The molecule has 1 heterocycles. The first kappa shape index (κ1) is 22.4. The third-order valence-corrected chi connectivity index (χ3v) is 6.08. The van der Waals surface area contributed by atoms with Gasteiger partial charge in [0.2, 0.25) is 11.8 Å². The van der Waals surface area contributed by atoms with Gasteiger partial charge >= 0.3 is 0 Å². The number of hydrogen-bond acceptors (Lipinski definition) is 4. The Balaban J connectivity index is 1.60. The lowest BCUT2D eigenvalue weighted by Gasteiger charge is -2.36. The SMILES string of the molecule is O=C(NC1CCCC1)C(c1ccc(F)cc1)N(CC1COc2ccccc2O1)C(=O)CCl. The van der Waals surface area contributed by atoms with Crippen LogP contribution in [0.25, 0.3) is 0 Å². The number of amides is 2. The lowest BCUT2D eigenvalue weighted by atomic mass is 10.0. The molecule has 1 N–H and O–H groups in total. The van der Waals surface area contributed by atoms with Gasteiger partial charge < -0.3 is 19.7 Å². The highest BCUT2D eigenvalue weighted by atomic mass is 35.5. The first-order valence-electron chi connectivity index (χ1n) is 10.8. The van der Waals surface area contributed by atoms with Crippen molar-refractivity contribution in [2.75, 3.05) is 19.0 Å². The zero-order chi connectivity index (χ0) is 22.5. The van der Waals surface area contributed by atoms with E-state index in [2.05, 4.69) is 5.32 Å². The topological polar surface area (TPSA) is 67.9 Å². The van der Waals surface area contributed by atoms with Crippen LogP contribution in [0.4, 0.5) is 4.39 Å². The highest BCUT2D eigenvalue weighted by Gasteiger charge is 2.35. The standard InChI is InChI=1S/C24H26ClFN2O4/c25-13-22(29)28(14-19-15-31-20-7-3-4-8-21(20)32-19)23(16-9-11-17(26)12-10-16)24(30)27-18-5-1-2-6-18/h3-4,7-12,18-19,23H,1-2,5-6,13-15H2,(H,27,30). The molecule has 0 spiro atoms. The number of rotatable bonds is 7. The van der Waals surface area contributed by atoms with Gasteiger partial charge in [0.25, 0.3) is 0 Å². The lowest BCUT2D eigenvalue weighted by molar-refractivity contribution is -0.141. The number of alkyl halides is 1. The average molecular weight is 461 g/mol. The minimum Gasteiger partial charge on any atom is -0.486 e. The lowest BCUT2D eigenvalue weighted by Crippen LogP contribution is -2.51. The van der Waals surface area contributed by atoms with E-state index < -0.39 is 23.9 Å². The van der Waals surface area contributed by atoms with Gasteiger partial charge in [0.15, 0.2) is 17.6 Å². The van der Waals surface area contributed by atoms with Crippen LogP contribution in [-0.2, 0) is 9.59 Å². The molecule has 0 radical (unpaired) electrons. The van der Waals surface area contributed by atoms with Crippen molar-refractivity contribution in [1.29, 1.82) is 0 Å². The molecule has 2 unspecified atom stereocenters. The number of halogens is 2. The summed E-state index contributed by atoms with van der Waals surface area (Å²) in [5, 5.41) is 3.06. The van der Waals surface area contributed by atoms with Crippen molar-refractivity contribution in [3.8, 4) is 11.5 Å². The van der Waals surface area contributed by atoms with Crippen LogP contribution >= 0.6 is 11.6 Å². The van der Waals surface area contributed by atoms with Gasteiger partial charge in [0.1, 0.15) is 24.3 Å². The number of ether oxygens (including phenoxy) is 2. The summed E-state index contributed by atoms with van der Waals surface area (Å²) in [7, 11) is 0. The van der Waals surface area contributed by atoms with Crippen molar-refractivity contribution < 1.29 is 23.5 Å². The fraction of sp³-hybridized carbons (Fsp3) is 0.417. The molecule has 0 bridgehead atoms. The molecule has 170 valence electrons. The zero-order valence-electron chi connectivity index (χ0n) is 17.6. The summed E-state index contributed by atoms with van der Waals surface area (Å²) >= 11 is 5.92. The number of fused-ring (bicyclic) bond motifs is 1. The quantitative estimate of drug-likeness (QED) is 0.637. The third kappa shape index (κ3) is 5.15. The number of hydrogen-bond donors (Lipinski definition) is 1. The van der Waals surface area contributed by atoms with E-state index in [9.17, 15) is 14.0 Å². The second-order valence-electron chi connectivity index (χ2n) is 8.12. The number of nitrogens with one attached hydrogen (secondary N) is 1. The average Bonchev–Trinajstić information content (AvgIpc) is 3.32. The van der Waals surface area contributed by atoms with E-state index in [1.54, 1.807) is 6.07 Å². The molecule has 1 fully saturated rings. The van der Waals surface area contributed by atoms with Crippen molar-refractivity contribution in [2.45, 2.75) is 43.9 Å². The van der Waals surface area contributed by atoms with Crippen molar-refractivity contribution in [3.05, 3.63) is 59.9 Å². The Morgan fingerprint density at radius 2 is 1.78 bits per heavy atom. The Kier molecular flexibility index (Phi) is 7.15. The molecule has 1 saturated carbocycles. The maximum absolute atomic E-state index is 13.6. The third-order valence-electron chi connectivity index (χ3n) is 5.85. The number of nitrogens with zero attached hydrogens (tertiary/aromatic N) is 1. The van der Waals surface area contributed by atoms with Gasteiger partial charge in [0, 0.05) is 6.04 Å². The van der Waals surface area contributed by atoms with E-state index in [1.807, 2.05) is 18.2 Å². The van der Waals surface area contributed by atoms with Gasteiger partial charge in [-0.1, -0.05) is 37.1 Å². The molecule has 2 aromatic rings. The van der Waals surface area contributed by atoms with E-state index in [0.717, 1.165) is 25.7 Å². The molecule has 2 aliphatic rings. The van der Waals surface area contributed by atoms with Gasteiger partial charge in [-0.3, -0.25) is 9.59 Å². The van der Waals surface area contributed by atoms with Crippen LogP contribution in [0.3, 0.4) is 0 Å². The first-order valence-corrected chi connectivity index (χ1v) is 11.4. The summed E-state index contributed by atoms with van der Waals surface area (Å²) in [6, 6.07) is 12.0. The Hall–Kier alpha value is -2.80. The molecule has 32 heavy (non-hydrogen) atoms. The predicted molar refractivity (Wildman–Crippen MR) is 118 cm³/mol. The highest BCUT2D eigenvalue weighted by molar-refractivity contribution is 6.27. The summed E-state index contributed by atoms with van der Waals surface area (Å²) in [4.78, 5) is 27.7. The van der Waals surface area contributed by atoms with E-state index in [-0.39, 0.29) is 31.0 Å². The van der Waals surface area contributed by atoms with Crippen LogP contribution in [-0.4, -0.2) is 47.9 Å². The smallest absolute Gasteiger partial charge is 0.247 e. The molecule has 2 aromatic carbocycles. The number of carbonyl (C=O) groups is 2. The molecule has 6 nitrogen and oxygen atoms in total. The summed E-state index contributed by atoms with van der Waals surface area (Å²) in [5.41, 5.74) is 0.512. The van der Waals surface area contributed by atoms with Crippen LogP contribution in [0.1, 0.15) is 37.3 Å². The minimum absolute atomic E-state index is 0.0690. The fourth-order valence-corrected chi connectivity index (χ4v) is 4.42. The molecular weight excluding hydrogens is 435 g/mol.